The Labute approximate surface area is 154 Å². The Morgan fingerprint density at radius 2 is 1.96 bits per heavy atom. The summed E-state index contributed by atoms with van der Waals surface area (Å²) in [6, 6.07) is 7.37. The number of aliphatic hydroxyl groups is 1. The van der Waals surface area contributed by atoms with E-state index in [2.05, 4.69) is 4.90 Å². The fraction of sp³-hybridized carbons (Fsp3) is 0.632. The molecule has 2 fully saturated rings. The largest absolute Gasteiger partial charge is 0.385 e. The van der Waals surface area contributed by atoms with E-state index < -0.39 is 5.60 Å². The first-order valence-electron chi connectivity index (χ1n) is 9.00. The number of likely N-dealkylation sites (tertiary alicyclic amines) is 2. The maximum Gasteiger partial charge on any atom is 0.227 e. The highest BCUT2D eigenvalue weighted by Crippen LogP contribution is 2.34. The molecule has 0 bridgehead atoms. The molecule has 2 aliphatic heterocycles. The fourth-order valence-corrected chi connectivity index (χ4v) is 3.99. The second-order valence-electron chi connectivity index (χ2n) is 7.14. The number of carbonyl (C=O) groups is 1. The molecule has 5 nitrogen and oxygen atoms in total. The molecule has 0 spiro atoms. The number of benzene rings is 1. The molecular weight excluding hydrogens is 340 g/mol. The van der Waals surface area contributed by atoms with Crippen molar-refractivity contribution < 1.29 is 14.6 Å². The number of piperidine rings is 1. The van der Waals surface area contributed by atoms with Crippen molar-refractivity contribution in [2.45, 2.75) is 24.9 Å². The number of hydrogen-bond acceptors (Lipinski definition) is 4. The molecule has 138 valence electrons. The van der Waals surface area contributed by atoms with E-state index in [1.807, 2.05) is 17.0 Å². The van der Waals surface area contributed by atoms with Gasteiger partial charge in [-0.05, 0) is 43.5 Å². The van der Waals surface area contributed by atoms with Gasteiger partial charge >= 0.3 is 0 Å². The van der Waals surface area contributed by atoms with Crippen molar-refractivity contribution in [2.75, 3.05) is 46.4 Å². The summed E-state index contributed by atoms with van der Waals surface area (Å²) in [4.78, 5) is 17.0. The van der Waals surface area contributed by atoms with E-state index >= 15 is 0 Å². The summed E-state index contributed by atoms with van der Waals surface area (Å²) >= 11 is 5.93. The highest BCUT2D eigenvalue weighted by molar-refractivity contribution is 6.30. The van der Waals surface area contributed by atoms with Crippen molar-refractivity contribution in [1.29, 1.82) is 0 Å². The zero-order valence-electron chi connectivity index (χ0n) is 14.8. The first-order chi connectivity index (χ1) is 12.0. The van der Waals surface area contributed by atoms with Crippen LogP contribution in [0, 0.1) is 5.92 Å². The molecule has 1 amide bonds. The van der Waals surface area contributed by atoms with E-state index in [0.29, 0.717) is 37.6 Å². The van der Waals surface area contributed by atoms with E-state index in [9.17, 15) is 9.90 Å². The summed E-state index contributed by atoms with van der Waals surface area (Å²) in [5.41, 5.74) is 0.0252. The lowest BCUT2D eigenvalue weighted by Crippen LogP contribution is -2.47. The number of amides is 1. The highest BCUT2D eigenvalue weighted by Gasteiger charge is 2.38. The Hall–Kier alpha value is -1.14. The number of halogens is 1. The fourth-order valence-electron chi connectivity index (χ4n) is 3.86. The van der Waals surface area contributed by atoms with Crippen molar-refractivity contribution >= 4 is 17.5 Å². The van der Waals surface area contributed by atoms with Crippen LogP contribution in [-0.2, 0) is 15.1 Å². The molecule has 0 radical (unpaired) electrons. The Bertz CT molecular complexity index is 585. The van der Waals surface area contributed by atoms with Crippen LogP contribution in [0.5, 0.6) is 0 Å². The molecule has 1 N–H and O–H groups in total. The lowest BCUT2D eigenvalue weighted by atomic mass is 9.84. The lowest BCUT2D eigenvalue weighted by molar-refractivity contribution is -0.139. The molecule has 25 heavy (non-hydrogen) atoms. The summed E-state index contributed by atoms with van der Waals surface area (Å²) in [6.07, 6.45) is 2.06. The number of hydrogen-bond donors (Lipinski definition) is 1. The molecule has 3 rings (SSSR count). The number of carbonyl (C=O) groups excluding carboxylic acids is 1. The summed E-state index contributed by atoms with van der Waals surface area (Å²) in [7, 11) is 1.70. The summed E-state index contributed by atoms with van der Waals surface area (Å²) in [5, 5.41) is 11.6. The average Bonchev–Trinajstić information content (AvgIpc) is 3.09. The average molecular weight is 367 g/mol. The second-order valence-corrected chi connectivity index (χ2v) is 7.58. The van der Waals surface area contributed by atoms with Crippen molar-refractivity contribution in [2.24, 2.45) is 5.92 Å². The van der Waals surface area contributed by atoms with Gasteiger partial charge in [0.15, 0.2) is 0 Å². The van der Waals surface area contributed by atoms with Crippen LogP contribution in [0.4, 0.5) is 0 Å². The van der Waals surface area contributed by atoms with Gasteiger partial charge in [0.2, 0.25) is 5.91 Å². The third-order valence-electron chi connectivity index (χ3n) is 5.52. The van der Waals surface area contributed by atoms with Crippen LogP contribution < -0.4 is 0 Å². The third-order valence-corrected chi connectivity index (χ3v) is 5.77. The van der Waals surface area contributed by atoms with Crippen LogP contribution >= 0.6 is 11.6 Å². The van der Waals surface area contributed by atoms with Crippen LogP contribution in [0.1, 0.15) is 24.8 Å². The Morgan fingerprint density at radius 3 is 2.60 bits per heavy atom. The van der Waals surface area contributed by atoms with Gasteiger partial charge in [-0.1, -0.05) is 23.7 Å². The summed E-state index contributed by atoms with van der Waals surface area (Å²) in [5.74, 6) is 0.316. The lowest BCUT2D eigenvalue weighted by Gasteiger charge is -2.39. The summed E-state index contributed by atoms with van der Waals surface area (Å²) in [6.45, 7) is 4.58. The molecule has 2 aliphatic rings. The van der Waals surface area contributed by atoms with Gasteiger partial charge in [0.05, 0.1) is 18.1 Å². The van der Waals surface area contributed by atoms with Crippen LogP contribution in [0.15, 0.2) is 24.3 Å². The van der Waals surface area contributed by atoms with Crippen LogP contribution in [0.25, 0.3) is 0 Å². The van der Waals surface area contributed by atoms with E-state index in [1.165, 1.54) is 0 Å². The van der Waals surface area contributed by atoms with E-state index in [0.717, 1.165) is 31.6 Å². The Balaban J connectivity index is 1.53. The standard InChI is InChI=1S/C19H27ClN2O3/c1-25-13-12-21-9-6-15(14-21)18(23)22-10-7-19(24,8-11-22)16-2-4-17(20)5-3-16/h2-5,15,24H,6-14H2,1H3/t15-/m0/s1. The predicted octanol–water partition coefficient (Wildman–Crippen LogP) is 2.12. The van der Waals surface area contributed by atoms with Crippen LogP contribution in [-0.4, -0.2) is 67.3 Å². The van der Waals surface area contributed by atoms with Crippen molar-refractivity contribution in [3.8, 4) is 0 Å². The molecule has 0 saturated carbocycles. The van der Waals surface area contributed by atoms with Crippen molar-refractivity contribution in [3.63, 3.8) is 0 Å². The molecule has 1 atom stereocenters. The SMILES string of the molecule is COCCN1CC[C@H](C(=O)N2CCC(O)(c3ccc(Cl)cc3)CC2)C1. The summed E-state index contributed by atoms with van der Waals surface area (Å²) < 4.78 is 5.12. The molecule has 1 aromatic rings. The Morgan fingerprint density at radius 1 is 1.28 bits per heavy atom. The van der Waals surface area contributed by atoms with Gasteiger partial charge in [-0.25, -0.2) is 0 Å². The number of methoxy groups -OCH3 is 1. The van der Waals surface area contributed by atoms with Crippen LogP contribution in [0.2, 0.25) is 5.02 Å². The molecule has 0 unspecified atom stereocenters. The molecule has 2 heterocycles. The van der Waals surface area contributed by atoms with E-state index in [4.69, 9.17) is 16.3 Å². The molecule has 0 aliphatic carbocycles. The monoisotopic (exact) mass is 366 g/mol. The van der Waals surface area contributed by atoms with Gasteiger partial charge in [0.25, 0.3) is 0 Å². The molecular formula is C19H27ClN2O3. The van der Waals surface area contributed by atoms with Crippen molar-refractivity contribution in [1.82, 2.24) is 9.80 Å². The first kappa shape index (κ1) is 18.6. The predicted molar refractivity (Wildman–Crippen MR) is 97.6 cm³/mol. The van der Waals surface area contributed by atoms with Gasteiger partial charge in [-0.15, -0.1) is 0 Å². The molecule has 2 saturated heterocycles. The van der Waals surface area contributed by atoms with Crippen LogP contribution in [0.3, 0.4) is 0 Å². The van der Waals surface area contributed by atoms with E-state index in [-0.39, 0.29) is 11.8 Å². The number of ether oxygens (including phenoxy) is 1. The maximum absolute atomic E-state index is 12.8. The number of nitrogens with zero attached hydrogens (tertiary/aromatic N) is 2. The first-order valence-corrected chi connectivity index (χ1v) is 9.38. The minimum atomic E-state index is -0.860. The minimum Gasteiger partial charge on any atom is -0.385 e. The third kappa shape index (κ3) is 4.34. The van der Waals surface area contributed by atoms with Crippen molar-refractivity contribution in [3.05, 3.63) is 34.9 Å². The van der Waals surface area contributed by atoms with Gasteiger partial charge in [0.1, 0.15) is 0 Å². The quantitative estimate of drug-likeness (QED) is 0.867. The Kier molecular flexibility index (Phi) is 6.00. The van der Waals surface area contributed by atoms with Gasteiger partial charge < -0.3 is 19.6 Å². The minimum absolute atomic E-state index is 0.0820. The number of rotatable bonds is 5. The zero-order chi connectivity index (χ0) is 17.9. The molecule has 6 heteroatoms. The zero-order valence-corrected chi connectivity index (χ0v) is 15.5. The molecule has 1 aromatic carbocycles. The second kappa shape index (κ2) is 8.04. The van der Waals surface area contributed by atoms with Gasteiger partial charge in [0, 0.05) is 38.3 Å². The smallest absolute Gasteiger partial charge is 0.227 e. The normalized spacial score (nSPS) is 23.8. The topological polar surface area (TPSA) is 53.0 Å². The molecule has 0 aromatic heterocycles. The van der Waals surface area contributed by atoms with Gasteiger partial charge in [-0.2, -0.15) is 0 Å². The van der Waals surface area contributed by atoms with Gasteiger partial charge in [-0.3, -0.25) is 4.79 Å². The van der Waals surface area contributed by atoms with E-state index in [1.54, 1.807) is 19.2 Å². The highest BCUT2D eigenvalue weighted by atomic mass is 35.5. The maximum atomic E-state index is 12.8.